The number of nitrogens with zero attached hydrogens (tertiary/aromatic N) is 1. The highest BCUT2D eigenvalue weighted by Crippen LogP contribution is 2.17. The monoisotopic (exact) mass is 210 g/mol. The molecule has 1 aliphatic rings. The fourth-order valence-electron chi connectivity index (χ4n) is 1.38. The van der Waals surface area contributed by atoms with Gasteiger partial charge in [0.15, 0.2) is 0 Å². The number of rotatable bonds is 3. The van der Waals surface area contributed by atoms with Gasteiger partial charge in [-0.05, 0) is 23.8 Å². The van der Waals surface area contributed by atoms with Crippen LogP contribution in [0.15, 0.2) is 22.5 Å². The second kappa shape index (κ2) is 4.11. The number of hydroxylamine groups is 1. The molecular weight excluding hydrogens is 196 g/mol. The number of aliphatic imine (C=N–C) groups is 1. The maximum Gasteiger partial charge on any atom is 0.252 e. The zero-order valence-corrected chi connectivity index (χ0v) is 9.17. The lowest BCUT2D eigenvalue weighted by molar-refractivity contribution is 0.169. The summed E-state index contributed by atoms with van der Waals surface area (Å²) in [4.78, 5) is 10.9. The molecule has 1 aromatic heterocycles. The molecule has 0 amide bonds. The summed E-state index contributed by atoms with van der Waals surface area (Å²) in [7, 11) is 0. The van der Waals surface area contributed by atoms with E-state index < -0.39 is 0 Å². The van der Waals surface area contributed by atoms with Gasteiger partial charge in [-0.25, -0.2) is 4.99 Å². The Bertz CT molecular complexity index is 319. The molecule has 0 aliphatic carbocycles. The van der Waals surface area contributed by atoms with Crippen LogP contribution in [0.1, 0.15) is 25.1 Å². The Morgan fingerprint density at radius 2 is 2.50 bits per heavy atom. The Labute approximate surface area is 87.8 Å². The SMILES string of the molecule is CC(C)CC1N=C(c2cccs2)ON1. The Hall–Kier alpha value is -0.870. The van der Waals surface area contributed by atoms with Crippen molar-refractivity contribution in [3.8, 4) is 0 Å². The number of thiophene rings is 1. The highest BCUT2D eigenvalue weighted by atomic mass is 32.1. The zero-order chi connectivity index (χ0) is 9.97. The van der Waals surface area contributed by atoms with Crippen LogP contribution in [0, 0.1) is 5.92 Å². The van der Waals surface area contributed by atoms with Gasteiger partial charge >= 0.3 is 0 Å². The van der Waals surface area contributed by atoms with E-state index in [1.165, 1.54) is 0 Å². The third-order valence-electron chi connectivity index (χ3n) is 1.99. The first-order valence-electron chi connectivity index (χ1n) is 4.80. The van der Waals surface area contributed by atoms with E-state index in [4.69, 9.17) is 4.84 Å². The minimum absolute atomic E-state index is 0.118. The van der Waals surface area contributed by atoms with Gasteiger partial charge in [0, 0.05) is 0 Å². The maximum atomic E-state index is 5.32. The van der Waals surface area contributed by atoms with Crippen molar-refractivity contribution >= 4 is 17.2 Å². The molecule has 1 aliphatic heterocycles. The molecule has 2 heterocycles. The van der Waals surface area contributed by atoms with Crippen molar-refractivity contribution < 1.29 is 4.84 Å². The van der Waals surface area contributed by atoms with Crippen LogP contribution in [-0.2, 0) is 4.84 Å². The molecule has 1 aromatic rings. The van der Waals surface area contributed by atoms with Crippen LogP contribution < -0.4 is 5.48 Å². The maximum absolute atomic E-state index is 5.32. The third-order valence-corrected chi connectivity index (χ3v) is 2.85. The molecule has 76 valence electrons. The Morgan fingerprint density at radius 3 is 3.14 bits per heavy atom. The van der Waals surface area contributed by atoms with Crippen molar-refractivity contribution in [1.29, 1.82) is 0 Å². The van der Waals surface area contributed by atoms with Gasteiger partial charge in [-0.15, -0.1) is 16.8 Å². The van der Waals surface area contributed by atoms with Crippen molar-refractivity contribution in [3.63, 3.8) is 0 Å². The Kier molecular flexibility index (Phi) is 2.84. The van der Waals surface area contributed by atoms with E-state index in [9.17, 15) is 0 Å². The van der Waals surface area contributed by atoms with Crippen molar-refractivity contribution in [2.75, 3.05) is 0 Å². The molecule has 3 nitrogen and oxygen atoms in total. The second-order valence-electron chi connectivity index (χ2n) is 3.78. The molecule has 4 heteroatoms. The number of hydrogen-bond acceptors (Lipinski definition) is 4. The Morgan fingerprint density at radius 1 is 1.64 bits per heavy atom. The summed E-state index contributed by atoms with van der Waals surface area (Å²) in [5.74, 6) is 1.35. The summed E-state index contributed by atoms with van der Waals surface area (Å²) < 4.78 is 0. The van der Waals surface area contributed by atoms with Gasteiger partial charge in [0.2, 0.25) is 0 Å². The first kappa shape index (κ1) is 9.68. The largest absolute Gasteiger partial charge is 0.385 e. The molecule has 0 spiro atoms. The predicted octanol–water partition coefficient (Wildman–Crippen LogP) is 2.40. The molecule has 1 unspecified atom stereocenters. The van der Waals surface area contributed by atoms with E-state index in [1.54, 1.807) is 11.3 Å². The highest BCUT2D eigenvalue weighted by molar-refractivity contribution is 7.12. The summed E-state index contributed by atoms with van der Waals surface area (Å²) in [5.41, 5.74) is 2.93. The summed E-state index contributed by atoms with van der Waals surface area (Å²) in [6, 6.07) is 4.02. The highest BCUT2D eigenvalue weighted by Gasteiger charge is 2.20. The van der Waals surface area contributed by atoms with Crippen LogP contribution in [-0.4, -0.2) is 12.1 Å². The molecule has 0 fully saturated rings. The summed E-state index contributed by atoms with van der Waals surface area (Å²) in [6.07, 6.45) is 1.13. The van der Waals surface area contributed by atoms with Crippen LogP contribution in [0.3, 0.4) is 0 Å². The van der Waals surface area contributed by atoms with E-state index in [0.29, 0.717) is 5.92 Å². The first-order chi connectivity index (χ1) is 6.75. The van der Waals surface area contributed by atoms with Crippen LogP contribution in [0.4, 0.5) is 0 Å². The quantitative estimate of drug-likeness (QED) is 0.831. The summed E-state index contributed by atoms with van der Waals surface area (Å²) >= 11 is 1.65. The van der Waals surface area contributed by atoms with Gasteiger partial charge in [0.05, 0.1) is 4.88 Å². The first-order valence-corrected chi connectivity index (χ1v) is 5.67. The van der Waals surface area contributed by atoms with Crippen molar-refractivity contribution in [2.24, 2.45) is 10.9 Å². The fourth-order valence-corrected chi connectivity index (χ4v) is 2.04. The molecule has 0 saturated heterocycles. The topological polar surface area (TPSA) is 33.6 Å². The lowest BCUT2D eigenvalue weighted by Crippen LogP contribution is -2.22. The molecule has 1 atom stereocenters. The lowest BCUT2D eigenvalue weighted by atomic mass is 10.1. The minimum Gasteiger partial charge on any atom is -0.385 e. The van der Waals surface area contributed by atoms with Crippen molar-refractivity contribution in [3.05, 3.63) is 22.4 Å². The minimum atomic E-state index is 0.118. The van der Waals surface area contributed by atoms with E-state index in [-0.39, 0.29) is 6.17 Å². The lowest BCUT2D eigenvalue weighted by Gasteiger charge is -2.07. The van der Waals surface area contributed by atoms with Gasteiger partial charge in [-0.3, -0.25) is 0 Å². The average Bonchev–Trinajstić information content (AvgIpc) is 2.69. The van der Waals surface area contributed by atoms with E-state index in [2.05, 4.69) is 24.3 Å². The fraction of sp³-hybridized carbons (Fsp3) is 0.500. The second-order valence-corrected chi connectivity index (χ2v) is 4.72. The van der Waals surface area contributed by atoms with Gasteiger partial charge < -0.3 is 4.84 Å². The van der Waals surface area contributed by atoms with Crippen LogP contribution in [0.25, 0.3) is 0 Å². The molecule has 0 radical (unpaired) electrons. The summed E-state index contributed by atoms with van der Waals surface area (Å²) in [5, 5.41) is 2.02. The van der Waals surface area contributed by atoms with Gasteiger partial charge in [-0.1, -0.05) is 19.9 Å². The van der Waals surface area contributed by atoms with Crippen molar-refractivity contribution in [2.45, 2.75) is 26.4 Å². The van der Waals surface area contributed by atoms with Crippen LogP contribution in [0.5, 0.6) is 0 Å². The number of nitrogens with one attached hydrogen (secondary N) is 1. The van der Waals surface area contributed by atoms with E-state index >= 15 is 0 Å². The van der Waals surface area contributed by atoms with E-state index in [1.807, 2.05) is 17.5 Å². The standard InChI is InChI=1S/C10H14N2OS/c1-7(2)6-9-11-10(13-12-9)8-4-3-5-14-8/h3-5,7,9,12H,6H2,1-2H3. The van der Waals surface area contributed by atoms with Gasteiger partial charge in [0.1, 0.15) is 6.17 Å². The molecule has 2 rings (SSSR count). The summed E-state index contributed by atoms with van der Waals surface area (Å²) in [6.45, 7) is 4.36. The van der Waals surface area contributed by atoms with Gasteiger partial charge in [0.25, 0.3) is 5.90 Å². The van der Waals surface area contributed by atoms with Gasteiger partial charge in [-0.2, -0.15) is 0 Å². The number of hydrogen-bond donors (Lipinski definition) is 1. The molecule has 0 saturated carbocycles. The molecule has 14 heavy (non-hydrogen) atoms. The third kappa shape index (κ3) is 2.13. The molecule has 0 aromatic carbocycles. The van der Waals surface area contributed by atoms with E-state index in [0.717, 1.165) is 17.2 Å². The predicted molar refractivity (Wildman–Crippen MR) is 58.3 cm³/mol. The molecule has 1 N–H and O–H groups in total. The molecule has 0 bridgehead atoms. The normalized spacial score (nSPS) is 21.1. The van der Waals surface area contributed by atoms with Crippen molar-refractivity contribution in [1.82, 2.24) is 5.48 Å². The molecular formula is C10H14N2OS. The van der Waals surface area contributed by atoms with Crippen LogP contribution in [0.2, 0.25) is 0 Å². The average molecular weight is 210 g/mol. The zero-order valence-electron chi connectivity index (χ0n) is 8.36. The van der Waals surface area contributed by atoms with Crippen LogP contribution >= 0.6 is 11.3 Å². The Balaban J connectivity index is 2.03. The smallest absolute Gasteiger partial charge is 0.252 e.